The Morgan fingerprint density at radius 1 is 1.19 bits per heavy atom. The van der Waals surface area contributed by atoms with E-state index in [4.69, 9.17) is 11.6 Å². The fraction of sp³-hybridized carbons (Fsp3) is 0.417. The first-order chi connectivity index (χ1) is 15.0. The van der Waals surface area contributed by atoms with E-state index >= 15 is 0 Å². The van der Waals surface area contributed by atoms with Gasteiger partial charge in [-0.2, -0.15) is 0 Å². The number of amides is 1. The van der Waals surface area contributed by atoms with Gasteiger partial charge in [0.15, 0.2) is 5.96 Å². The third-order valence-electron chi connectivity index (χ3n) is 5.66. The molecule has 1 saturated heterocycles. The normalized spacial score (nSPS) is 19.7. The number of halogens is 1. The molecule has 31 heavy (non-hydrogen) atoms. The van der Waals surface area contributed by atoms with Crippen LogP contribution in [0.4, 0.5) is 5.69 Å². The molecule has 1 aliphatic rings. The molecule has 0 aromatic heterocycles. The summed E-state index contributed by atoms with van der Waals surface area (Å²) in [6.45, 7) is 4.05. The fourth-order valence-electron chi connectivity index (χ4n) is 4.29. The van der Waals surface area contributed by atoms with Gasteiger partial charge in [0.25, 0.3) is 0 Å². The molecular weight excluding hydrogens is 410 g/mol. The Bertz CT molecular complexity index is 916. The Hall–Kier alpha value is -2.57. The van der Waals surface area contributed by atoms with Gasteiger partial charge in [0.2, 0.25) is 5.91 Å². The smallest absolute Gasteiger partial charge is 0.221 e. The van der Waals surface area contributed by atoms with Crippen molar-refractivity contribution in [3.05, 3.63) is 64.7 Å². The first-order valence-corrected chi connectivity index (χ1v) is 11.1. The number of nitrogens with one attached hydrogen (secondary N) is 3. The minimum atomic E-state index is -0.0747. The van der Waals surface area contributed by atoms with E-state index in [1.165, 1.54) is 18.9 Å². The topological polar surface area (TPSA) is 68.8 Å². The number of hydrogen-bond donors (Lipinski definition) is 3. The van der Waals surface area contributed by atoms with E-state index in [0.717, 1.165) is 41.7 Å². The fourth-order valence-corrected chi connectivity index (χ4v) is 4.49. The van der Waals surface area contributed by atoms with Gasteiger partial charge in [-0.05, 0) is 67.7 Å². The maximum atomic E-state index is 11.3. The number of aliphatic imine (C=N–C) groups is 1. The molecule has 1 fully saturated rings. The Labute approximate surface area is 190 Å². The first-order valence-electron chi connectivity index (χ1n) is 10.7. The summed E-state index contributed by atoms with van der Waals surface area (Å²) in [5.41, 5.74) is 3.13. The van der Waals surface area contributed by atoms with E-state index in [1.54, 1.807) is 7.05 Å². The number of guanidine groups is 1. The van der Waals surface area contributed by atoms with Gasteiger partial charge in [-0.15, -0.1) is 0 Å². The van der Waals surface area contributed by atoms with Crippen molar-refractivity contribution in [3.8, 4) is 0 Å². The van der Waals surface area contributed by atoms with Crippen LogP contribution in [0.3, 0.4) is 0 Å². The van der Waals surface area contributed by atoms with Crippen molar-refractivity contribution in [2.45, 2.75) is 32.4 Å². The molecule has 2 aromatic rings. The second-order valence-corrected chi connectivity index (χ2v) is 8.51. The standard InChI is InChI=1S/C24H32ClN5O/c1-17(31)29-22-11-4-7-18(13-22)15-27-24(26-2)28-16-20-9-6-12-30(3)23(20)19-8-5-10-21(25)14-19/h4-5,7-8,10-11,13-14,20,23H,6,9,12,15-16H2,1-3H3,(H,29,31)(H2,26,27,28). The van der Waals surface area contributed by atoms with Gasteiger partial charge < -0.3 is 16.0 Å². The highest BCUT2D eigenvalue weighted by atomic mass is 35.5. The predicted octanol–water partition coefficient (Wildman–Crippen LogP) is 4.05. The largest absolute Gasteiger partial charge is 0.356 e. The number of rotatable bonds is 6. The van der Waals surface area contributed by atoms with Crippen LogP contribution in [-0.4, -0.2) is 44.0 Å². The van der Waals surface area contributed by atoms with Crippen LogP contribution in [0.25, 0.3) is 0 Å². The van der Waals surface area contributed by atoms with Crippen molar-refractivity contribution in [2.24, 2.45) is 10.9 Å². The molecule has 6 nitrogen and oxygen atoms in total. The highest BCUT2D eigenvalue weighted by Gasteiger charge is 2.30. The van der Waals surface area contributed by atoms with Crippen molar-refractivity contribution in [2.75, 3.05) is 32.5 Å². The molecule has 2 aromatic carbocycles. The zero-order chi connectivity index (χ0) is 22.2. The zero-order valence-corrected chi connectivity index (χ0v) is 19.2. The van der Waals surface area contributed by atoms with Crippen LogP contribution in [0, 0.1) is 5.92 Å². The van der Waals surface area contributed by atoms with Gasteiger partial charge >= 0.3 is 0 Å². The number of anilines is 1. The summed E-state index contributed by atoms with van der Waals surface area (Å²) in [5.74, 6) is 1.15. The lowest BCUT2D eigenvalue weighted by Gasteiger charge is -2.40. The molecular formula is C24H32ClN5O. The molecule has 2 unspecified atom stereocenters. The van der Waals surface area contributed by atoms with E-state index in [0.29, 0.717) is 18.5 Å². The van der Waals surface area contributed by atoms with Crippen LogP contribution in [0.5, 0.6) is 0 Å². The van der Waals surface area contributed by atoms with Crippen LogP contribution in [0.1, 0.15) is 36.9 Å². The maximum absolute atomic E-state index is 11.3. The second-order valence-electron chi connectivity index (χ2n) is 8.07. The molecule has 0 spiro atoms. The summed E-state index contributed by atoms with van der Waals surface area (Å²) in [4.78, 5) is 18.1. The van der Waals surface area contributed by atoms with Gasteiger partial charge in [-0.25, -0.2) is 0 Å². The molecule has 3 N–H and O–H groups in total. The van der Waals surface area contributed by atoms with Gasteiger partial charge in [-0.3, -0.25) is 14.7 Å². The molecule has 1 heterocycles. The molecule has 0 saturated carbocycles. The first kappa shape index (κ1) is 23.1. The van der Waals surface area contributed by atoms with Gasteiger partial charge in [0.05, 0.1) is 0 Å². The number of nitrogens with zero attached hydrogens (tertiary/aromatic N) is 2. The maximum Gasteiger partial charge on any atom is 0.221 e. The second kappa shape index (κ2) is 11.2. The number of benzene rings is 2. The SMILES string of the molecule is CN=C(NCc1cccc(NC(C)=O)c1)NCC1CCCN(C)C1c1cccc(Cl)c1. The van der Waals surface area contributed by atoms with Gasteiger partial charge in [0.1, 0.15) is 0 Å². The van der Waals surface area contributed by atoms with Crippen LogP contribution in [0.15, 0.2) is 53.5 Å². The van der Waals surface area contributed by atoms with E-state index < -0.39 is 0 Å². The zero-order valence-electron chi connectivity index (χ0n) is 18.5. The molecule has 1 amide bonds. The lowest BCUT2D eigenvalue weighted by molar-refractivity contribution is -0.114. The van der Waals surface area contributed by atoms with E-state index in [1.807, 2.05) is 36.4 Å². The Kier molecular flexibility index (Phi) is 8.32. The summed E-state index contributed by atoms with van der Waals surface area (Å²) in [7, 11) is 3.97. The van der Waals surface area contributed by atoms with Crippen molar-refractivity contribution in [3.63, 3.8) is 0 Å². The average Bonchev–Trinajstić information content (AvgIpc) is 2.73. The molecule has 2 atom stereocenters. The third kappa shape index (κ3) is 6.71. The van der Waals surface area contributed by atoms with E-state index in [2.05, 4.69) is 45.0 Å². The molecule has 0 bridgehead atoms. The number of carbonyl (C=O) groups excluding carboxylic acids is 1. The van der Waals surface area contributed by atoms with Gasteiger partial charge in [0, 0.05) is 43.8 Å². The van der Waals surface area contributed by atoms with Crippen molar-refractivity contribution in [1.29, 1.82) is 0 Å². The highest BCUT2D eigenvalue weighted by molar-refractivity contribution is 6.30. The highest BCUT2D eigenvalue weighted by Crippen LogP contribution is 2.35. The number of piperidine rings is 1. The summed E-state index contributed by atoms with van der Waals surface area (Å²) < 4.78 is 0. The number of hydrogen-bond acceptors (Lipinski definition) is 3. The third-order valence-corrected chi connectivity index (χ3v) is 5.90. The van der Waals surface area contributed by atoms with Crippen LogP contribution < -0.4 is 16.0 Å². The number of carbonyl (C=O) groups is 1. The van der Waals surface area contributed by atoms with Crippen molar-refractivity contribution in [1.82, 2.24) is 15.5 Å². The molecule has 7 heteroatoms. The predicted molar refractivity (Wildman–Crippen MR) is 128 cm³/mol. The summed E-state index contributed by atoms with van der Waals surface area (Å²) in [6.07, 6.45) is 2.34. The number of likely N-dealkylation sites (tertiary alicyclic amines) is 1. The lowest BCUT2D eigenvalue weighted by Crippen LogP contribution is -2.44. The molecule has 1 aliphatic heterocycles. The average molecular weight is 442 g/mol. The monoisotopic (exact) mass is 441 g/mol. The van der Waals surface area contributed by atoms with E-state index in [9.17, 15) is 4.79 Å². The minimum Gasteiger partial charge on any atom is -0.356 e. The van der Waals surface area contributed by atoms with Crippen molar-refractivity contribution >= 4 is 29.2 Å². The summed E-state index contributed by atoms with van der Waals surface area (Å²) >= 11 is 6.26. The Morgan fingerprint density at radius 2 is 2.00 bits per heavy atom. The lowest BCUT2D eigenvalue weighted by atomic mass is 9.85. The Balaban J connectivity index is 1.59. The summed E-state index contributed by atoms with van der Waals surface area (Å²) in [6, 6.07) is 16.3. The molecule has 0 radical (unpaired) electrons. The van der Waals surface area contributed by atoms with Gasteiger partial charge in [-0.1, -0.05) is 35.9 Å². The molecule has 166 valence electrons. The van der Waals surface area contributed by atoms with Crippen LogP contribution in [-0.2, 0) is 11.3 Å². The molecule has 0 aliphatic carbocycles. The van der Waals surface area contributed by atoms with Crippen LogP contribution >= 0.6 is 11.6 Å². The minimum absolute atomic E-state index is 0.0747. The summed E-state index contributed by atoms with van der Waals surface area (Å²) in [5, 5.41) is 10.5. The Morgan fingerprint density at radius 3 is 2.74 bits per heavy atom. The van der Waals surface area contributed by atoms with E-state index in [-0.39, 0.29) is 5.91 Å². The molecule has 3 rings (SSSR count). The van der Waals surface area contributed by atoms with Crippen molar-refractivity contribution < 1.29 is 4.79 Å². The van der Waals surface area contributed by atoms with Crippen LogP contribution in [0.2, 0.25) is 5.02 Å². The quantitative estimate of drug-likeness (QED) is 0.467.